The summed E-state index contributed by atoms with van der Waals surface area (Å²) in [7, 11) is 3.58. The lowest BCUT2D eigenvalue weighted by Gasteiger charge is -2.14. The van der Waals surface area contributed by atoms with Crippen molar-refractivity contribution in [2.45, 2.75) is 0 Å². The first-order chi connectivity index (χ1) is 7.50. The fraction of sp³-hybridized carbons (Fsp3) is 0.222. The van der Waals surface area contributed by atoms with Gasteiger partial charge >= 0.3 is 5.97 Å². The van der Waals surface area contributed by atoms with Gasteiger partial charge < -0.3 is 10.0 Å². The molecule has 0 unspecified atom stereocenters. The predicted molar refractivity (Wildman–Crippen MR) is 59.3 cm³/mol. The van der Waals surface area contributed by atoms with Crippen LogP contribution in [0, 0.1) is 0 Å². The van der Waals surface area contributed by atoms with Gasteiger partial charge in [0.05, 0.1) is 6.20 Å². The van der Waals surface area contributed by atoms with E-state index in [1.54, 1.807) is 19.0 Å². The van der Waals surface area contributed by atoms with E-state index in [1.165, 1.54) is 16.8 Å². The molecule has 0 fully saturated rings. The minimum atomic E-state index is -1.09. The summed E-state index contributed by atoms with van der Waals surface area (Å²) >= 11 is 5.87. The fourth-order valence-electron chi connectivity index (χ4n) is 1.35. The summed E-state index contributed by atoms with van der Waals surface area (Å²) in [5.41, 5.74) is 0.281. The van der Waals surface area contributed by atoms with Gasteiger partial charge in [-0.2, -0.15) is 9.61 Å². The van der Waals surface area contributed by atoms with Gasteiger partial charge in [-0.15, -0.1) is 0 Å². The Hall–Kier alpha value is -1.82. The van der Waals surface area contributed by atoms with Crippen LogP contribution in [0.4, 0.5) is 5.82 Å². The first kappa shape index (κ1) is 10.7. The maximum Gasteiger partial charge on any atom is 0.354 e. The zero-order chi connectivity index (χ0) is 11.9. The lowest BCUT2D eigenvalue weighted by Crippen LogP contribution is -2.16. The molecule has 0 radical (unpaired) electrons. The van der Waals surface area contributed by atoms with Crippen LogP contribution in [0.1, 0.15) is 10.5 Å². The van der Waals surface area contributed by atoms with E-state index in [1.807, 2.05) is 0 Å². The SMILES string of the molecule is CN(C)c1cc(C(=O)O)nc2c(Cl)cnn12. The minimum absolute atomic E-state index is 0.0569. The number of hydrogen-bond acceptors (Lipinski definition) is 4. The Morgan fingerprint density at radius 3 is 2.81 bits per heavy atom. The van der Waals surface area contributed by atoms with Crippen LogP contribution in [0.2, 0.25) is 5.02 Å². The van der Waals surface area contributed by atoms with Gasteiger partial charge in [0.15, 0.2) is 11.3 Å². The number of halogens is 1. The second-order valence-electron chi connectivity index (χ2n) is 3.43. The molecule has 0 aliphatic rings. The summed E-state index contributed by atoms with van der Waals surface area (Å²) in [4.78, 5) is 16.6. The molecule has 7 heteroatoms. The third kappa shape index (κ3) is 1.57. The van der Waals surface area contributed by atoms with E-state index in [0.717, 1.165) is 0 Å². The highest BCUT2D eigenvalue weighted by Gasteiger charge is 2.14. The number of fused-ring (bicyclic) bond motifs is 1. The van der Waals surface area contributed by atoms with Crippen molar-refractivity contribution in [2.24, 2.45) is 0 Å². The molecule has 0 aromatic carbocycles. The van der Waals surface area contributed by atoms with Gasteiger partial charge in [0.2, 0.25) is 0 Å². The number of aromatic carboxylic acids is 1. The first-order valence-corrected chi connectivity index (χ1v) is 4.83. The van der Waals surface area contributed by atoms with Gasteiger partial charge in [0, 0.05) is 20.2 Å². The van der Waals surface area contributed by atoms with Gasteiger partial charge in [-0.3, -0.25) is 0 Å². The van der Waals surface area contributed by atoms with Crippen LogP contribution in [0.25, 0.3) is 5.65 Å². The second kappa shape index (κ2) is 3.64. The van der Waals surface area contributed by atoms with Crippen LogP contribution >= 0.6 is 11.6 Å². The zero-order valence-corrected chi connectivity index (χ0v) is 9.43. The monoisotopic (exact) mass is 240 g/mol. The topological polar surface area (TPSA) is 70.7 Å². The van der Waals surface area contributed by atoms with Crippen LogP contribution in [0.5, 0.6) is 0 Å². The molecule has 0 saturated carbocycles. The van der Waals surface area contributed by atoms with Crippen molar-refractivity contribution in [3.8, 4) is 0 Å². The highest BCUT2D eigenvalue weighted by molar-refractivity contribution is 6.33. The maximum atomic E-state index is 10.9. The summed E-state index contributed by atoms with van der Waals surface area (Å²) in [6.07, 6.45) is 1.43. The molecule has 2 heterocycles. The van der Waals surface area contributed by atoms with Crippen LogP contribution in [0.3, 0.4) is 0 Å². The van der Waals surface area contributed by atoms with Crippen molar-refractivity contribution < 1.29 is 9.90 Å². The van der Waals surface area contributed by atoms with Crippen LogP contribution < -0.4 is 4.90 Å². The van der Waals surface area contributed by atoms with E-state index >= 15 is 0 Å². The van der Waals surface area contributed by atoms with E-state index in [9.17, 15) is 4.79 Å². The van der Waals surface area contributed by atoms with Gasteiger partial charge in [-0.1, -0.05) is 11.6 Å². The third-order valence-electron chi connectivity index (χ3n) is 2.09. The van der Waals surface area contributed by atoms with Crippen molar-refractivity contribution in [3.05, 3.63) is 23.0 Å². The molecule has 16 heavy (non-hydrogen) atoms. The minimum Gasteiger partial charge on any atom is -0.477 e. The van der Waals surface area contributed by atoms with Crippen molar-refractivity contribution in [1.29, 1.82) is 0 Å². The number of carboxylic acid groups (broad SMARTS) is 1. The van der Waals surface area contributed by atoms with E-state index < -0.39 is 5.97 Å². The molecule has 84 valence electrons. The molecule has 0 aliphatic heterocycles. The molecular weight excluding hydrogens is 232 g/mol. The number of aromatic nitrogens is 3. The Kier molecular flexibility index (Phi) is 2.43. The molecule has 2 aromatic heterocycles. The molecule has 0 aliphatic carbocycles. The molecule has 1 N–H and O–H groups in total. The number of carbonyl (C=O) groups is 1. The molecule has 2 aromatic rings. The maximum absolute atomic E-state index is 10.9. The van der Waals surface area contributed by atoms with Crippen LogP contribution in [-0.4, -0.2) is 39.8 Å². The Morgan fingerprint density at radius 1 is 1.56 bits per heavy atom. The Morgan fingerprint density at radius 2 is 2.25 bits per heavy atom. The smallest absolute Gasteiger partial charge is 0.354 e. The highest BCUT2D eigenvalue weighted by atomic mass is 35.5. The summed E-state index contributed by atoms with van der Waals surface area (Å²) in [6, 6.07) is 1.44. The van der Waals surface area contributed by atoms with E-state index in [2.05, 4.69) is 10.1 Å². The summed E-state index contributed by atoms with van der Waals surface area (Å²) in [5.74, 6) is -0.489. The standard InChI is InChI=1S/C9H9ClN4O2/c1-13(2)7-3-6(9(15)16)12-8-5(10)4-11-14(7)8/h3-4H,1-2H3,(H,15,16). The van der Waals surface area contributed by atoms with Gasteiger partial charge in [-0.25, -0.2) is 9.78 Å². The van der Waals surface area contributed by atoms with Gasteiger partial charge in [0.25, 0.3) is 0 Å². The third-order valence-corrected chi connectivity index (χ3v) is 2.35. The lowest BCUT2D eigenvalue weighted by atomic mass is 10.3. The van der Waals surface area contributed by atoms with Crippen molar-refractivity contribution in [2.75, 3.05) is 19.0 Å². The Bertz CT molecular complexity index is 564. The quantitative estimate of drug-likeness (QED) is 0.853. The molecule has 0 amide bonds. The number of hydrogen-bond donors (Lipinski definition) is 1. The van der Waals surface area contributed by atoms with Gasteiger partial charge in [-0.05, 0) is 0 Å². The van der Waals surface area contributed by atoms with E-state index in [-0.39, 0.29) is 5.69 Å². The van der Waals surface area contributed by atoms with Crippen molar-refractivity contribution in [3.63, 3.8) is 0 Å². The molecule has 6 nitrogen and oxygen atoms in total. The van der Waals surface area contributed by atoms with E-state index in [0.29, 0.717) is 16.5 Å². The lowest BCUT2D eigenvalue weighted by molar-refractivity contribution is 0.0690. The second-order valence-corrected chi connectivity index (χ2v) is 3.83. The largest absolute Gasteiger partial charge is 0.477 e. The number of carboxylic acids is 1. The van der Waals surface area contributed by atoms with E-state index in [4.69, 9.17) is 16.7 Å². The van der Waals surface area contributed by atoms with Gasteiger partial charge in [0.1, 0.15) is 10.8 Å². The predicted octanol–water partition coefficient (Wildman–Crippen LogP) is 1.15. The summed E-state index contributed by atoms with van der Waals surface area (Å²) in [5, 5.41) is 13.3. The van der Waals surface area contributed by atoms with Crippen molar-refractivity contribution >= 4 is 29.0 Å². The molecule has 0 saturated heterocycles. The molecule has 0 atom stereocenters. The average Bonchev–Trinajstić information content (AvgIpc) is 2.59. The highest BCUT2D eigenvalue weighted by Crippen LogP contribution is 2.21. The zero-order valence-electron chi connectivity index (χ0n) is 8.68. The Balaban J connectivity index is 2.80. The average molecular weight is 241 g/mol. The summed E-state index contributed by atoms with van der Waals surface area (Å²) < 4.78 is 1.49. The summed E-state index contributed by atoms with van der Waals surface area (Å²) in [6.45, 7) is 0. The number of anilines is 1. The molecule has 0 bridgehead atoms. The molecule has 2 rings (SSSR count). The fourth-order valence-corrected chi connectivity index (χ4v) is 1.51. The first-order valence-electron chi connectivity index (χ1n) is 4.45. The number of rotatable bonds is 2. The van der Waals surface area contributed by atoms with Crippen molar-refractivity contribution in [1.82, 2.24) is 14.6 Å². The molecule has 0 spiro atoms. The molecular formula is C9H9ClN4O2. The normalized spacial score (nSPS) is 10.7. The van der Waals surface area contributed by atoms with Crippen LogP contribution in [-0.2, 0) is 0 Å². The Labute approximate surface area is 96.1 Å². The van der Waals surface area contributed by atoms with Crippen LogP contribution in [0.15, 0.2) is 12.3 Å². The number of nitrogens with zero attached hydrogens (tertiary/aromatic N) is 4.